The van der Waals surface area contributed by atoms with Crippen molar-refractivity contribution in [2.75, 3.05) is 6.61 Å². The molecule has 1 fully saturated rings. The monoisotopic (exact) mass is 340 g/mol. The van der Waals surface area contributed by atoms with Crippen molar-refractivity contribution in [3.8, 4) is 0 Å². The lowest BCUT2D eigenvalue weighted by molar-refractivity contribution is -0.157. The summed E-state index contributed by atoms with van der Waals surface area (Å²) in [5.74, 6) is 0.232. The zero-order chi connectivity index (χ0) is 17.6. The average molecular weight is 341 g/mol. The van der Waals surface area contributed by atoms with E-state index in [0.717, 1.165) is 19.3 Å². The topological polar surface area (TPSA) is 35.5 Å². The highest BCUT2D eigenvalue weighted by Gasteiger charge is 2.39. The van der Waals surface area contributed by atoms with Gasteiger partial charge in [0.25, 0.3) is 0 Å². The van der Waals surface area contributed by atoms with Gasteiger partial charge in [-0.1, -0.05) is 78.1 Å². The lowest BCUT2D eigenvalue weighted by Gasteiger charge is -2.16. The standard InChI is InChI=1S/C21H40O3/c1-4-7-9-11-13-15-18-17-19(16-14-12-10-8-5-2)24-20(18)21(22)23-6-3/h18-20H,4-17H2,1-3H3. The van der Waals surface area contributed by atoms with Gasteiger partial charge in [0.2, 0.25) is 0 Å². The highest BCUT2D eigenvalue weighted by atomic mass is 16.6. The second-order valence-corrected chi connectivity index (χ2v) is 7.33. The fourth-order valence-corrected chi connectivity index (χ4v) is 3.75. The average Bonchev–Trinajstić information content (AvgIpc) is 2.98. The number of hydrogen-bond acceptors (Lipinski definition) is 3. The van der Waals surface area contributed by atoms with E-state index in [2.05, 4.69) is 13.8 Å². The summed E-state index contributed by atoms with van der Waals surface area (Å²) in [4.78, 5) is 12.2. The highest BCUT2D eigenvalue weighted by molar-refractivity contribution is 5.75. The zero-order valence-electron chi connectivity index (χ0n) is 16.4. The van der Waals surface area contributed by atoms with Gasteiger partial charge in [-0.05, 0) is 32.1 Å². The summed E-state index contributed by atoms with van der Waals surface area (Å²) in [6.07, 6.45) is 16.1. The molecule has 0 spiro atoms. The molecule has 0 aromatic heterocycles. The minimum Gasteiger partial charge on any atom is -0.464 e. The smallest absolute Gasteiger partial charge is 0.335 e. The third-order valence-electron chi connectivity index (χ3n) is 5.16. The Kier molecular flexibility index (Phi) is 12.2. The molecule has 1 aliphatic rings. The Balaban J connectivity index is 2.35. The molecule has 1 rings (SSSR count). The molecule has 1 aliphatic heterocycles. The first kappa shape index (κ1) is 21.5. The summed E-state index contributed by atoms with van der Waals surface area (Å²) < 4.78 is 11.3. The summed E-state index contributed by atoms with van der Waals surface area (Å²) in [5, 5.41) is 0. The van der Waals surface area contributed by atoms with Gasteiger partial charge in [-0.15, -0.1) is 0 Å². The number of carbonyl (C=O) groups excluding carboxylic acids is 1. The molecule has 3 atom stereocenters. The first-order chi connectivity index (χ1) is 11.7. The molecule has 0 aromatic carbocycles. The molecular weight excluding hydrogens is 300 g/mol. The molecule has 142 valence electrons. The predicted octanol–water partition coefficient (Wildman–Crippen LogP) is 6.04. The lowest BCUT2D eigenvalue weighted by atomic mass is 9.91. The van der Waals surface area contributed by atoms with Crippen molar-refractivity contribution < 1.29 is 14.3 Å². The van der Waals surface area contributed by atoms with Crippen LogP contribution in [0.3, 0.4) is 0 Å². The second-order valence-electron chi connectivity index (χ2n) is 7.33. The molecule has 0 bridgehead atoms. The van der Waals surface area contributed by atoms with Crippen LogP contribution in [0.5, 0.6) is 0 Å². The maximum Gasteiger partial charge on any atom is 0.335 e. The molecule has 0 radical (unpaired) electrons. The fourth-order valence-electron chi connectivity index (χ4n) is 3.75. The molecule has 3 unspecified atom stereocenters. The lowest BCUT2D eigenvalue weighted by Crippen LogP contribution is -2.29. The summed E-state index contributed by atoms with van der Waals surface area (Å²) in [6.45, 7) is 6.81. The van der Waals surface area contributed by atoms with Crippen LogP contribution in [0, 0.1) is 5.92 Å². The molecule has 3 heteroatoms. The van der Waals surface area contributed by atoms with E-state index in [1.807, 2.05) is 6.92 Å². The summed E-state index contributed by atoms with van der Waals surface area (Å²) in [7, 11) is 0. The Hall–Kier alpha value is -0.570. The number of unbranched alkanes of at least 4 members (excludes halogenated alkanes) is 8. The van der Waals surface area contributed by atoms with Crippen molar-refractivity contribution in [1.82, 2.24) is 0 Å². The van der Waals surface area contributed by atoms with Crippen LogP contribution in [-0.2, 0) is 14.3 Å². The van der Waals surface area contributed by atoms with Gasteiger partial charge in [0, 0.05) is 0 Å². The Morgan fingerprint density at radius 1 is 0.875 bits per heavy atom. The Bertz CT molecular complexity index is 316. The third-order valence-corrected chi connectivity index (χ3v) is 5.16. The van der Waals surface area contributed by atoms with Crippen molar-refractivity contribution in [2.45, 2.75) is 116 Å². The van der Waals surface area contributed by atoms with Crippen molar-refractivity contribution >= 4 is 5.97 Å². The quantitative estimate of drug-likeness (QED) is 0.285. The second kappa shape index (κ2) is 13.7. The number of rotatable bonds is 14. The number of ether oxygens (including phenoxy) is 2. The summed E-state index contributed by atoms with van der Waals surface area (Å²) in [5.41, 5.74) is 0. The van der Waals surface area contributed by atoms with Crippen LogP contribution in [0.4, 0.5) is 0 Å². The zero-order valence-corrected chi connectivity index (χ0v) is 16.4. The van der Waals surface area contributed by atoms with E-state index >= 15 is 0 Å². The molecule has 0 aromatic rings. The molecule has 0 amide bonds. The molecule has 0 saturated carbocycles. The van der Waals surface area contributed by atoms with Gasteiger partial charge in [-0.25, -0.2) is 4.79 Å². The van der Waals surface area contributed by atoms with Crippen molar-refractivity contribution in [1.29, 1.82) is 0 Å². The van der Waals surface area contributed by atoms with Gasteiger partial charge in [-0.2, -0.15) is 0 Å². The molecule has 0 N–H and O–H groups in total. The molecule has 24 heavy (non-hydrogen) atoms. The van der Waals surface area contributed by atoms with Gasteiger partial charge in [0.1, 0.15) is 0 Å². The summed E-state index contributed by atoms with van der Waals surface area (Å²) in [6, 6.07) is 0. The van der Waals surface area contributed by atoms with Gasteiger partial charge in [-0.3, -0.25) is 0 Å². The maximum absolute atomic E-state index is 12.2. The third kappa shape index (κ3) is 8.50. The van der Waals surface area contributed by atoms with Crippen LogP contribution in [-0.4, -0.2) is 24.8 Å². The Labute approximate surface area is 149 Å². The predicted molar refractivity (Wildman–Crippen MR) is 100 cm³/mol. The maximum atomic E-state index is 12.2. The summed E-state index contributed by atoms with van der Waals surface area (Å²) >= 11 is 0. The fraction of sp³-hybridized carbons (Fsp3) is 0.952. The van der Waals surface area contributed by atoms with Gasteiger partial charge >= 0.3 is 5.97 Å². The largest absolute Gasteiger partial charge is 0.464 e. The minimum absolute atomic E-state index is 0.135. The van der Waals surface area contributed by atoms with E-state index in [-0.39, 0.29) is 18.2 Å². The van der Waals surface area contributed by atoms with Crippen LogP contribution >= 0.6 is 0 Å². The first-order valence-corrected chi connectivity index (χ1v) is 10.5. The van der Waals surface area contributed by atoms with Crippen molar-refractivity contribution in [3.05, 3.63) is 0 Å². The van der Waals surface area contributed by atoms with Crippen LogP contribution < -0.4 is 0 Å². The molecule has 0 aliphatic carbocycles. The van der Waals surface area contributed by atoms with Crippen LogP contribution in [0.1, 0.15) is 104 Å². The SMILES string of the molecule is CCCCCCCC1CC(CCCCCCC)C(C(=O)OCC)O1. The van der Waals surface area contributed by atoms with E-state index < -0.39 is 0 Å². The molecular formula is C21H40O3. The Morgan fingerprint density at radius 3 is 2.04 bits per heavy atom. The number of esters is 1. The van der Waals surface area contributed by atoms with E-state index in [9.17, 15) is 4.79 Å². The van der Waals surface area contributed by atoms with Gasteiger partial charge < -0.3 is 9.47 Å². The normalized spacial score (nSPS) is 23.5. The number of carbonyl (C=O) groups is 1. The van der Waals surface area contributed by atoms with Gasteiger partial charge in [0.15, 0.2) is 6.10 Å². The van der Waals surface area contributed by atoms with Gasteiger partial charge in [0.05, 0.1) is 12.7 Å². The number of hydrogen-bond donors (Lipinski definition) is 0. The van der Waals surface area contributed by atoms with E-state index in [1.54, 1.807) is 0 Å². The first-order valence-electron chi connectivity index (χ1n) is 10.5. The van der Waals surface area contributed by atoms with Crippen molar-refractivity contribution in [3.63, 3.8) is 0 Å². The van der Waals surface area contributed by atoms with Crippen LogP contribution in [0.25, 0.3) is 0 Å². The van der Waals surface area contributed by atoms with Crippen LogP contribution in [0.2, 0.25) is 0 Å². The van der Waals surface area contributed by atoms with E-state index in [1.165, 1.54) is 64.2 Å². The minimum atomic E-state index is -0.309. The van der Waals surface area contributed by atoms with Crippen molar-refractivity contribution in [2.24, 2.45) is 5.92 Å². The Morgan fingerprint density at radius 2 is 1.46 bits per heavy atom. The van der Waals surface area contributed by atoms with Crippen LogP contribution in [0.15, 0.2) is 0 Å². The highest BCUT2D eigenvalue weighted by Crippen LogP contribution is 2.34. The molecule has 1 heterocycles. The van der Waals surface area contributed by atoms with E-state index in [4.69, 9.17) is 9.47 Å². The molecule has 3 nitrogen and oxygen atoms in total. The van der Waals surface area contributed by atoms with E-state index in [0.29, 0.717) is 12.5 Å². The molecule has 1 saturated heterocycles.